The molecule has 14 aromatic carbocycles. The van der Waals surface area contributed by atoms with Gasteiger partial charge in [0.2, 0.25) is 0 Å². The Labute approximate surface area is 373 Å². The van der Waals surface area contributed by atoms with E-state index in [1.165, 1.54) is 125 Å². The number of hydrogen-bond acceptors (Lipinski definition) is 1. The molecule has 0 fully saturated rings. The molecule has 15 aromatic rings. The zero-order valence-electron chi connectivity index (χ0n) is 35.2. The lowest BCUT2D eigenvalue weighted by Gasteiger charge is -2.22. The standard InChI is InChI=1S/C64H36O/c1-2-15-44-43(14-1)46(47-30-26-41-24-22-37-10-7-12-39-28-32-52(47)61(41)59(37)39)34-35-48(44)56-36-57(49-31-27-42-25-23-38-11-8-13-40-29-33-53(49)62(42)60(38)40)63(51-18-4-3-16-45(51)56)55-20-9-19-54-50-17-5-6-21-58(50)65-64(54)55/h1-36H. The molecule has 0 unspecified atom stereocenters. The second-order valence-corrected chi connectivity index (χ2v) is 17.8. The topological polar surface area (TPSA) is 13.1 Å². The number of rotatable bonds is 4. The highest BCUT2D eigenvalue weighted by atomic mass is 16.3. The van der Waals surface area contributed by atoms with Crippen LogP contribution in [0.3, 0.4) is 0 Å². The Hall–Kier alpha value is -8.52. The van der Waals surface area contributed by atoms with Crippen LogP contribution in [0.1, 0.15) is 0 Å². The van der Waals surface area contributed by atoms with Crippen molar-refractivity contribution in [2.24, 2.45) is 0 Å². The fourth-order valence-electron chi connectivity index (χ4n) is 11.8. The summed E-state index contributed by atoms with van der Waals surface area (Å²) in [5.74, 6) is 0. The van der Waals surface area contributed by atoms with E-state index < -0.39 is 0 Å². The monoisotopic (exact) mass is 820 g/mol. The second kappa shape index (κ2) is 13.0. The van der Waals surface area contributed by atoms with Crippen molar-refractivity contribution in [3.05, 3.63) is 218 Å². The summed E-state index contributed by atoms with van der Waals surface area (Å²) in [5, 5.41) is 22.6. The number of hydrogen-bond donors (Lipinski definition) is 0. The number of fused-ring (bicyclic) bond motifs is 5. The molecule has 0 saturated heterocycles. The summed E-state index contributed by atoms with van der Waals surface area (Å²) in [5.41, 5.74) is 11.4. The smallest absolute Gasteiger partial charge is 0.143 e. The molecule has 0 atom stereocenters. The molecule has 0 aliphatic heterocycles. The van der Waals surface area contributed by atoms with Gasteiger partial charge in [0.05, 0.1) is 0 Å². The van der Waals surface area contributed by atoms with Gasteiger partial charge in [-0.15, -0.1) is 0 Å². The summed E-state index contributed by atoms with van der Waals surface area (Å²) < 4.78 is 6.85. The quantitative estimate of drug-likeness (QED) is 0.161. The van der Waals surface area contributed by atoms with Gasteiger partial charge in [-0.2, -0.15) is 0 Å². The van der Waals surface area contributed by atoms with Gasteiger partial charge in [-0.1, -0.05) is 206 Å². The molecule has 1 heterocycles. The van der Waals surface area contributed by atoms with Gasteiger partial charge < -0.3 is 4.42 Å². The van der Waals surface area contributed by atoms with Crippen LogP contribution in [0.5, 0.6) is 0 Å². The SMILES string of the molecule is c1cc2ccc3ccc(-c4cc(-c5ccc(-c6ccc7ccc8cccc9ccc6c7c89)c6ccccc56)c5ccccc5c4-c4cccc5c4oc4ccccc45)c4ccc(c1)c2c34. The third kappa shape index (κ3) is 4.82. The average Bonchev–Trinajstić information content (AvgIpc) is 3.76. The lowest BCUT2D eigenvalue weighted by atomic mass is 9.81. The summed E-state index contributed by atoms with van der Waals surface area (Å²) in [7, 11) is 0. The summed E-state index contributed by atoms with van der Waals surface area (Å²) in [4.78, 5) is 0. The van der Waals surface area contributed by atoms with E-state index in [0.29, 0.717) is 0 Å². The molecule has 0 saturated carbocycles. The van der Waals surface area contributed by atoms with Crippen LogP contribution >= 0.6 is 0 Å². The molecular formula is C64H36O. The molecule has 1 aromatic heterocycles. The molecule has 0 aliphatic carbocycles. The van der Waals surface area contributed by atoms with Gasteiger partial charge in [-0.25, -0.2) is 0 Å². The molecule has 0 spiro atoms. The maximum Gasteiger partial charge on any atom is 0.143 e. The number of para-hydroxylation sites is 2. The number of benzene rings is 14. The maximum atomic E-state index is 6.85. The largest absolute Gasteiger partial charge is 0.455 e. The Kier molecular flexibility index (Phi) is 7.01. The Morgan fingerprint density at radius 3 is 1.22 bits per heavy atom. The van der Waals surface area contributed by atoms with Crippen LogP contribution in [0.2, 0.25) is 0 Å². The highest BCUT2D eigenvalue weighted by Gasteiger charge is 2.24. The third-order valence-corrected chi connectivity index (χ3v) is 14.6. The van der Waals surface area contributed by atoms with Crippen LogP contribution in [-0.4, -0.2) is 0 Å². The highest BCUT2D eigenvalue weighted by molar-refractivity contribution is 6.29. The summed E-state index contributed by atoms with van der Waals surface area (Å²) in [6, 6.07) is 81.3. The normalized spacial score (nSPS) is 12.3. The zero-order valence-corrected chi connectivity index (χ0v) is 35.2. The van der Waals surface area contributed by atoms with Crippen LogP contribution in [0.25, 0.3) is 153 Å². The fourth-order valence-corrected chi connectivity index (χ4v) is 11.8. The number of furan rings is 1. The van der Waals surface area contributed by atoms with Gasteiger partial charge in [-0.3, -0.25) is 0 Å². The lowest BCUT2D eigenvalue weighted by Crippen LogP contribution is -1.95. The molecule has 0 amide bonds. The molecular weight excluding hydrogens is 785 g/mol. The van der Waals surface area contributed by atoms with E-state index in [0.717, 1.165) is 27.5 Å². The highest BCUT2D eigenvalue weighted by Crippen LogP contribution is 2.51. The lowest BCUT2D eigenvalue weighted by molar-refractivity contribution is 0.670. The molecule has 1 heteroatoms. The molecule has 1 nitrogen and oxygen atoms in total. The van der Waals surface area contributed by atoms with E-state index in [1.807, 2.05) is 0 Å². The fraction of sp³-hybridized carbons (Fsp3) is 0. The van der Waals surface area contributed by atoms with E-state index in [2.05, 4.69) is 218 Å². The molecule has 15 rings (SSSR count). The van der Waals surface area contributed by atoms with Gasteiger partial charge in [-0.05, 0) is 132 Å². The van der Waals surface area contributed by atoms with Crippen molar-refractivity contribution in [3.8, 4) is 44.5 Å². The van der Waals surface area contributed by atoms with Gasteiger partial charge in [0.15, 0.2) is 0 Å². The minimum Gasteiger partial charge on any atom is -0.455 e. The third-order valence-electron chi connectivity index (χ3n) is 14.6. The van der Waals surface area contributed by atoms with Crippen LogP contribution in [0.4, 0.5) is 0 Å². The van der Waals surface area contributed by atoms with Crippen molar-refractivity contribution in [1.29, 1.82) is 0 Å². The van der Waals surface area contributed by atoms with Crippen molar-refractivity contribution in [3.63, 3.8) is 0 Å². The Bertz CT molecular complexity index is 4440. The van der Waals surface area contributed by atoms with Gasteiger partial charge >= 0.3 is 0 Å². The van der Waals surface area contributed by atoms with Crippen molar-refractivity contribution in [2.75, 3.05) is 0 Å². The average molecular weight is 821 g/mol. The predicted molar refractivity (Wildman–Crippen MR) is 278 cm³/mol. The molecule has 298 valence electrons. The Morgan fingerprint density at radius 2 is 0.615 bits per heavy atom. The van der Waals surface area contributed by atoms with E-state index in [4.69, 9.17) is 4.42 Å². The first-order valence-corrected chi connectivity index (χ1v) is 22.6. The van der Waals surface area contributed by atoms with E-state index in [-0.39, 0.29) is 0 Å². The van der Waals surface area contributed by atoms with Crippen molar-refractivity contribution < 1.29 is 4.42 Å². The van der Waals surface area contributed by atoms with Crippen LogP contribution in [0, 0.1) is 0 Å². The molecule has 0 bridgehead atoms. The first kappa shape index (κ1) is 35.0. The summed E-state index contributed by atoms with van der Waals surface area (Å²) in [6.07, 6.45) is 0. The van der Waals surface area contributed by atoms with Gasteiger partial charge in [0, 0.05) is 21.9 Å². The van der Waals surface area contributed by atoms with Crippen molar-refractivity contribution in [1.82, 2.24) is 0 Å². The van der Waals surface area contributed by atoms with Crippen LogP contribution in [-0.2, 0) is 0 Å². The molecule has 0 N–H and O–H groups in total. The maximum absolute atomic E-state index is 6.85. The molecule has 0 aliphatic rings. The minimum atomic E-state index is 0.899. The van der Waals surface area contributed by atoms with Crippen molar-refractivity contribution in [2.45, 2.75) is 0 Å². The summed E-state index contributed by atoms with van der Waals surface area (Å²) >= 11 is 0. The first-order chi connectivity index (χ1) is 32.2. The first-order valence-electron chi connectivity index (χ1n) is 22.6. The van der Waals surface area contributed by atoms with Crippen LogP contribution < -0.4 is 0 Å². The Balaban J connectivity index is 1.05. The zero-order chi connectivity index (χ0) is 42.3. The van der Waals surface area contributed by atoms with E-state index in [9.17, 15) is 0 Å². The van der Waals surface area contributed by atoms with Crippen molar-refractivity contribution >= 4 is 108 Å². The van der Waals surface area contributed by atoms with E-state index >= 15 is 0 Å². The van der Waals surface area contributed by atoms with Gasteiger partial charge in [0.1, 0.15) is 11.2 Å². The minimum absolute atomic E-state index is 0.899. The van der Waals surface area contributed by atoms with Crippen LogP contribution in [0.15, 0.2) is 223 Å². The molecule has 65 heavy (non-hydrogen) atoms. The Morgan fingerprint density at radius 1 is 0.215 bits per heavy atom. The predicted octanol–water partition coefficient (Wildman–Crippen LogP) is 18.4. The summed E-state index contributed by atoms with van der Waals surface area (Å²) in [6.45, 7) is 0. The van der Waals surface area contributed by atoms with Gasteiger partial charge in [0.25, 0.3) is 0 Å². The second-order valence-electron chi connectivity index (χ2n) is 17.8. The molecule has 0 radical (unpaired) electrons. The van der Waals surface area contributed by atoms with E-state index in [1.54, 1.807) is 0 Å².